The Labute approximate surface area is 122 Å². The largest absolute Gasteiger partial charge is 0.311 e. The molecule has 20 heavy (non-hydrogen) atoms. The van der Waals surface area contributed by atoms with Crippen LogP contribution in [0.3, 0.4) is 0 Å². The Kier molecular flexibility index (Phi) is 7.81. The zero-order valence-electron chi connectivity index (χ0n) is 12.7. The van der Waals surface area contributed by atoms with Gasteiger partial charge in [-0.1, -0.05) is 0 Å². The molecule has 0 aliphatic heterocycles. The number of rotatable bonds is 9. The summed E-state index contributed by atoms with van der Waals surface area (Å²) in [5, 5.41) is 15.3. The van der Waals surface area contributed by atoms with Gasteiger partial charge in [-0.05, 0) is 58.2 Å². The fraction of sp³-hybridized carbons (Fsp3) is 0.600. The first-order valence-corrected chi connectivity index (χ1v) is 7.04. The smallest absolute Gasteiger partial charge is 0.0927 e. The average Bonchev–Trinajstić information content (AvgIpc) is 2.44. The maximum Gasteiger partial charge on any atom is 0.0927 e. The second kappa shape index (κ2) is 9.43. The van der Waals surface area contributed by atoms with Gasteiger partial charge in [0.1, 0.15) is 0 Å². The maximum atomic E-state index is 8.73. The Morgan fingerprint density at radius 3 is 2.90 bits per heavy atom. The molecule has 0 saturated carbocycles. The van der Waals surface area contributed by atoms with E-state index in [1.807, 2.05) is 19.2 Å². The molecule has 0 fully saturated rings. The number of nitriles is 1. The summed E-state index contributed by atoms with van der Waals surface area (Å²) < 4.78 is 0. The van der Waals surface area contributed by atoms with E-state index in [1.54, 1.807) is 0 Å². The number of nitrogens with zero attached hydrogens (tertiary/aromatic N) is 3. The first-order chi connectivity index (χ1) is 9.61. The van der Waals surface area contributed by atoms with Crippen LogP contribution in [-0.2, 0) is 13.1 Å². The summed E-state index contributed by atoms with van der Waals surface area (Å²) in [5.41, 5.74) is 2.20. The minimum Gasteiger partial charge on any atom is -0.311 e. The molecular weight excluding hydrogens is 250 g/mol. The van der Waals surface area contributed by atoms with Gasteiger partial charge in [-0.25, -0.2) is 0 Å². The third-order valence-corrected chi connectivity index (χ3v) is 2.95. The van der Waals surface area contributed by atoms with Crippen LogP contribution < -0.4 is 10.6 Å². The first-order valence-electron chi connectivity index (χ1n) is 7.04. The predicted molar refractivity (Wildman–Crippen MR) is 81.0 cm³/mol. The van der Waals surface area contributed by atoms with Gasteiger partial charge in [0.25, 0.3) is 0 Å². The molecule has 0 bridgehead atoms. The fourth-order valence-electron chi connectivity index (χ4n) is 1.79. The molecule has 1 unspecified atom stereocenters. The third-order valence-electron chi connectivity index (χ3n) is 2.95. The second-order valence-electron chi connectivity index (χ2n) is 5.22. The molecule has 0 amide bonds. The zero-order valence-corrected chi connectivity index (χ0v) is 12.7. The third kappa shape index (κ3) is 7.19. The van der Waals surface area contributed by atoms with Gasteiger partial charge >= 0.3 is 0 Å². The van der Waals surface area contributed by atoms with Crippen LogP contribution in [0.25, 0.3) is 0 Å². The van der Waals surface area contributed by atoms with Crippen LogP contribution >= 0.6 is 0 Å². The van der Waals surface area contributed by atoms with Crippen LogP contribution in [0.1, 0.15) is 24.6 Å². The molecule has 0 spiro atoms. The number of aromatic nitrogens is 1. The van der Waals surface area contributed by atoms with Gasteiger partial charge in [-0.15, -0.1) is 0 Å². The average molecular weight is 275 g/mol. The minimum absolute atomic E-state index is 0.129. The van der Waals surface area contributed by atoms with Crippen LogP contribution in [0.5, 0.6) is 0 Å². The lowest BCUT2D eigenvalue weighted by Gasteiger charge is -2.10. The Bertz CT molecular complexity index is 425. The van der Waals surface area contributed by atoms with E-state index in [-0.39, 0.29) is 6.04 Å². The Balaban J connectivity index is 2.31. The van der Waals surface area contributed by atoms with E-state index >= 15 is 0 Å². The quantitative estimate of drug-likeness (QED) is 0.661. The number of hydrogen-bond donors (Lipinski definition) is 2. The Morgan fingerprint density at radius 2 is 2.20 bits per heavy atom. The first kappa shape index (κ1) is 16.6. The summed E-state index contributed by atoms with van der Waals surface area (Å²) in [5.74, 6) is 0. The molecule has 5 nitrogen and oxygen atoms in total. The van der Waals surface area contributed by atoms with Crippen LogP contribution in [0.2, 0.25) is 0 Å². The van der Waals surface area contributed by atoms with E-state index < -0.39 is 0 Å². The minimum atomic E-state index is -0.129. The molecule has 1 heterocycles. The van der Waals surface area contributed by atoms with Crippen LogP contribution in [-0.4, -0.2) is 43.1 Å². The van der Waals surface area contributed by atoms with E-state index in [9.17, 15) is 0 Å². The van der Waals surface area contributed by atoms with Crippen molar-refractivity contribution in [3.8, 4) is 6.07 Å². The molecule has 1 aromatic rings. The van der Waals surface area contributed by atoms with Gasteiger partial charge in [0.15, 0.2) is 0 Å². The van der Waals surface area contributed by atoms with Crippen LogP contribution in [0.15, 0.2) is 18.3 Å². The van der Waals surface area contributed by atoms with Gasteiger partial charge in [0.05, 0.1) is 17.8 Å². The summed E-state index contributed by atoms with van der Waals surface area (Å²) in [6, 6.07) is 6.09. The van der Waals surface area contributed by atoms with E-state index in [4.69, 9.17) is 5.26 Å². The van der Waals surface area contributed by atoms with Crippen molar-refractivity contribution in [2.45, 2.75) is 32.5 Å². The van der Waals surface area contributed by atoms with Crippen molar-refractivity contribution >= 4 is 0 Å². The molecule has 110 valence electrons. The van der Waals surface area contributed by atoms with Gasteiger partial charge in [0, 0.05) is 19.3 Å². The molecule has 2 N–H and O–H groups in total. The molecular formula is C15H25N5. The molecule has 1 rings (SSSR count). The van der Waals surface area contributed by atoms with E-state index in [0.29, 0.717) is 6.54 Å². The SMILES string of the molecule is CC(C#N)NCc1ccnc(CNCCCN(C)C)c1. The van der Waals surface area contributed by atoms with Gasteiger partial charge in [-0.3, -0.25) is 10.3 Å². The lowest BCUT2D eigenvalue weighted by molar-refractivity contribution is 0.394. The number of nitrogens with one attached hydrogen (secondary N) is 2. The Morgan fingerprint density at radius 1 is 1.40 bits per heavy atom. The molecule has 0 saturated heterocycles. The number of hydrogen-bond acceptors (Lipinski definition) is 5. The lowest BCUT2D eigenvalue weighted by atomic mass is 10.2. The van der Waals surface area contributed by atoms with Crippen molar-refractivity contribution in [3.05, 3.63) is 29.6 Å². The second-order valence-corrected chi connectivity index (χ2v) is 5.22. The summed E-state index contributed by atoms with van der Waals surface area (Å²) in [4.78, 5) is 6.54. The van der Waals surface area contributed by atoms with Crippen LogP contribution in [0, 0.1) is 11.3 Å². The summed E-state index contributed by atoms with van der Waals surface area (Å²) in [6.45, 7) is 5.43. The van der Waals surface area contributed by atoms with E-state index in [2.05, 4.69) is 46.7 Å². The van der Waals surface area contributed by atoms with Crippen molar-refractivity contribution < 1.29 is 0 Å². The number of pyridine rings is 1. The molecule has 1 aromatic heterocycles. The predicted octanol–water partition coefficient (Wildman–Crippen LogP) is 1.12. The molecule has 1 atom stereocenters. The molecule has 0 aliphatic rings. The van der Waals surface area contributed by atoms with Crippen molar-refractivity contribution in [1.82, 2.24) is 20.5 Å². The normalized spacial score (nSPS) is 12.3. The summed E-state index contributed by atoms with van der Waals surface area (Å²) in [6.07, 6.45) is 2.96. The highest BCUT2D eigenvalue weighted by Crippen LogP contribution is 2.02. The van der Waals surface area contributed by atoms with Crippen molar-refractivity contribution in [3.63, 3.8) is 0 Å². The Hall–Kier alpha value is -1.48. The topological polar surface area (TPSA) is 64.0 Å². The highest BCUT2D eigenvalue weighted by atomic mass is 15.1. The fourth-order valence-corrected chi connectivity index (χ4v) is 1.79. The van der Waals surface area contributed by atoms with Gasteiger partial charge in [-0.2, -0.15) is 5.26 Å². The maximum absolute atomic E-state index is 8.73. The van der Waals surface area contributed by atoms with Gasteiger partial charge in [0.2, 0.25) is 0 Å². The lowest BCUT2D eigenvalue weighted by Crippen LogP contribution is -2.24. The standard InChI is InChI=1S/C15H25N5/c1-13(10-16)19-11-14-5-7-18-15(9-14)12-17-6-4-8-20(2)3/h5,7,9,13,17,19H,4,6,8,11-12H2,1-3H3. The van der Waals surface area contributed by atoms with Crippen molar-refractivity contribution in [2.24, 2.45) is 0 Å². The summed E-state index contributed by atoms with van der Waals surface area (Å²) in [7, 11) is 4.17. The molecule has 0 aromatic carbocycles. The van der Waals surface area contributed by atoms with Crippen molar-refractivity contribution in [1.29, 1.82) is 5.26 Å². The van der Waals surface area contributed by atoms with Crippen LogP contribution in [0.4, 0.5) is 0 Å². The molecule has 5 heteroatoms. The zero-order chi connectivity index (χ0) is 14.8. The highest BCUT2D eigenvalue weighted by molar-refractivity contribution is 5.16. The van der Waals surface area contributed by atoms with Crippen molar-refractivity contribution in [2.75, 3.05) is 27.2 Å². The highest BCUT2D eigenvalue weighted by Gasteiger charge is 2.01. The van der Waals surface area contributed by atoms with E-state index in [0.717, 1.165) is 37.3 Å². The molecule has 0 aliphatic carbocycles. The summed E-state index contributed by atoms with van der Waals surface area (Å²) >= 11 is 0. The monoisotopic (exact) mass is 275 g/mol. The van der Waals surface area contributed by atoms with Gasteiger partial charge < -0.3 is 10.2 Å². The van der Waals surface area contributed by atoms with E-state index in [1.165, 1.54) is 0 Å². The molecule has 0 radical (unpaired) electrons.